The Morgan fingerprint density at radius 1 is 1.56 bits per heavy atom. The summed E-state index contributed by atoms with van der Waals surface area (Å²) in [4.78, 5) is 17.4. The maximum atomic E-state index is 11.3. The second kappa shape index (κ2) is 5.90. The van der Waals surface area contributed by atoms with Gasteiger partial charge in [0.25, 0.3) is 5.56 Å². The second-order valence-corrected chi connectivity index (χ2v) is 2.77. The molecule has 0 aromatic carbocycles. The van der Waals surface area contributed by atoms with Gasteiger partial charge in [-0.2, -0.15) is 4.98 Å². The van der Waals surface area contributed by atoms with Crippen LogP contribution in [0.5, 0.6) is 0 Å². The van der Waals surface area contributed by atoms with Crippen molar-refractivity contribution in [3.8, 4) is 0 Å². The van der Waals surface area contributed by atoms with Gasteiger partial charge in [0.2, 0.25) is 5.95 Å². The van der Waals surface area contributed by atoms with Crippen LogP contribution in [0.3, 0.4) is 0 Å². The summed E-state index contributed by atoms with van der Waals surface area (Å²) in [5.74, 6) is 5.31. The molecule has 0 radical (unpaired) electrons. The molecule has 9 nitrogen and oxygen atoms in total. The molecule has 0 fully saturated rings. The van der Waals surface area contributed by atoms with Gasteiger partial charge in [-0.05, 0) is 0 Å². The monoisotopic (exact) mass is 230 g/mol. The number of aliphatic hydroxyl groups excluding tert-OH is 1. The smallest absolute Gasteiger partial charge is 0.279 e. The molecule has 1 heterocycles. The zero-order valence-corrected chi connectivity index (χ0v) is 8.49. The third kappa shape index (κ3) is 3.08. The Hall–Kier alpha value is -1.84. The molecule has 1 rings (SSSR count). The number of nitrogen functional groups attached to an aromatic ring is 2. The van der Waals surface area contributed by atoms with Crippen LogP contribution >= 0.6 is 0 Å². The first-order valence-electron chi connectivity index (χ1n) is 4.48. The van der Waals surface area contributed by atoms with Crippen molar-refractivity contribution < 1.29 is 9.84 Å². The molecule has 0 atom stereocenters. The Bertz CT molecular complexity index is 392. The topological polar surface area (TPSA) is 151 Å². The van der Waals surface area contributed by atoms with Gasteiger partial charge < -0.3 is 26.3 Å². The number of hydrogen-bond acceptors (Lipinski definition) is 8. The van der Waals surface area contributed by atoms with Gasteiger partial charge in [-0.1, -0.05) is 0 Å². The minimum absolute atomic E-state index is 0.0336. The number of ether oxygens (including phenoxy) is 1. The number of nitrogens with zero attached hydrogens (tertiary/aromatic N) is 1. The van der Waals surface area contributed by atoms with Crippen molar-refractivity contribution in [2.45, 2.75) is 0 Å². The lowest BCUT2D eigenvalue weighted by Crippen LogP contribution is -2.24. The van der Waals surface area contributed by atoms with Crippen LogP contribution in [0.15, 0.2) is 4.79 Å². The highest BCUT2D eigenvalue weighted by Crippen LogP contribution is 2.12. The van der Waals surface area contributed by atoms with E-state index in [1.807, 2.05) is 0 Å². The van der Waals surface area contributed by atoms with E-state index in [1.54, 1.807) is 0 Å². The molecule has 0 saturated carbocycles. The number of hydrazine groups is 1. The lowest BCUT2D eigenvalue weighted by atomic mass is 10.4. The van der Waals surface area contributed by atoms with Crippen molar-refractivity contribution >= 4 is 17.5 Å². The molecule has 1 aromatic rings. The predicted octanol–water partition coefficient (Wildman–Crippen LogP) is -1.98. The van der Waals surface area contributed by atoms with Gasteiger partial charge in [-0.3, -0.25) is 15.6 Å². The summed E-state index contributed by atoms with van der Waals surface area (Å²) >= 11 is 0. The van der Waals surface area contributed by atoms with Gasteiger partial charge >= 0.3 is 0 Å². The van der Waals surface area contributed by atoms with Crippen molar-refractivity contribution in [1.29, 1.82) is 0 Å². The van der Waals surface area contributed by atoms with E-state index >= 15 is 0 Å². The molecule has 1 aromatic heterocycles. The van der Waals surface area contributed by atoms with Crippen LogP contribution < -0.4 is 27.9 Å². The van der Waals surface area contributed by atoms with Gasteiger partial charge in [-0.25, -0.2) is 0 Å². The van der Waals surface area contributed by atoms with E-state index < -0.39 is 5.56 Å². The number of aliphatic hydroxyl groups is 1. The first-order chi connectivity index (χ1) is 7.69. The summed E-state index contributed by atoms with van der Waals surface area (Å²) in [7, 11) is 0. The summed E-state index contributed by atoms with van der Waals surface area (Å²) in [6.45, 7) is 0.164. The SMILES string of the molecule is NNc1c(NCOCCO)nc(N)[nH]c1=O. The normalized spacial score (nSPS) is 10.1. The second-order valence-electron chi connectivity index (χ2n) is 2.77. The average Bonchev–Trinajstić information content (AvgIpc) is 2.24. The van der Waals surface area contributed by atoms with E-state index in [2.05, 4.69) is 20.7 Å². The van der Waals surface area contributed by atoms with Crippen molar-refractivity contribution in [2.24, 2.45) is 5.84 Å². The number of nitrogens with two attached hydrogens (primary N) is 2. The van der Waals surface area contributed by atoms with Crippen LogP contribution in [0.25, 0.3) is 0 Å². The fourth-order valence-corrected chi connectivity index (χ4v) is 1.01. The molecule has 0 unspecified atom stereocenters. The van der Waals surface area contributed by atoms with E-state index in [0.717, 1.165) is 0 Å². The quantitative estimate of drug-likeness (QED) is 0.142. The van der Waals surface area contributed by atoms with Gasteiger partial charge in [0.05, 0.1) is 13.2 Å². The first-order valence-corrected chi connectivity index (χ1v) is 4.48. The van der Waals surface area contributed by atoms with Gasteiger partial charge in [-0.15, -0.1) is 0 Å². The summed E-state index contributed by atoms with van der Waals surface area (Å²) in [5, 5.41) is 11.2. The number of H-pyrrole nitrogens is 1. The van der Waals surface area contributed by atoms with Crippen molar-refractivity contribution in [3.05, 3.63) is 10.4 Å². The average molecular weight is 230 g/mol. The van der Waals surface area contributed by atoms with Gasteiger partial charge in [0, 0.05) is 0 Å². The van der Waals surface area contributed by atoms with Gasteiger partial charge in [0.15, 0.2) is 11.5 Å². The molecule has 90 valence electrons. The van der Waals surface area contributed by atoms with Crippen LogP contribution in [-0.4, -0.2) is 35.0 Å². The highest BCUT2D eigenvalue weighted by atomic mass is 16.5. The minimum atomic E-state index is -0.486. The molecule has 0 bridgehead atoms. The molecule has 8 N–H and O–H groups in total. The molecule has 0 amide bonds. The number of aromatic amines is 1. The third-order valence-electron chi connectivity index (χ3n) is 1.66. The van der Waals surface area contributed by atoms with Crippen LogP contribution in [0.4, 0.5) is 17.5 Å². The van der Waals surface area contributed by atoms with Crippen LogP contribution in [0.1, 0.15) is 0 Å². The summed E-state index contributed by atoms with van der Waals surface area (Å²) < 4.78 is 4.94. The Morgan fingerprint density at radius 3 is 2.94 bits per heavy atom. The maximum absolute atomic E-state index is 11.3. The van der Waals surface area contributed by atoms with Gasteiger partial charge in [0.1, 0.15) is 6.73 Å². The zero-order chi connectivity index (χ0) is 12.0. The Balaban J connectivity index is 2.74. The van der Waals surface area contributed by atoms with E-state index in [1.165, 1.54) is 0 Å². The molecule has 0 spiro atoms. The number of rotatable bonds is 6. The standard InChI is InChI=1S/C7H14N6O3/c8-7-11-5(10-3-16-2-1-14)4(13-9)6(15)12-7/h13-14H,1-3,9H2,(H4,8,10,11,12,15). The molecule has 0 aliphatic rings. The molecule has 0 aliphatic heterocycles. The maximum Gasteiger partial charge on any atom is 0.279 e. The summed E-state index contributed by atoms with van der Waals surface area (Å²) in [5.41, 5.74) is 7.13. The summed E-state index contributed by atoms with van der Waals surface area (Å²) in [6.07, 6.45) is 0. The van der Waals surface area contributed by atoms with Crippen LogP contribution in [0.2, 0.25) is 0 Å². The zero-order valence-electron chi connectivity index (χ0n) is 8.49. The van der Waals surface area contributed by atoms with E-state index in [9.17, 15) is 4.79 Å². The van der Waals surface area contributed by atoms with Crippen molar-refractivity contribution in [2.75, 3.05) is 36.4 Å². The number of aromatic nitrogens is 2. The lowest BCUT2D eigenvalue weighted by Gasteiger charge is -2.10. The molecule has 0 aliphatic carbocycles. The predicted molar refractivity (Wildman–Crippen MR) is 58.6 cm³/mol. The highest BCUT2D eigenvalue weighted by Gasteiger charge is 2.08. The first kappa shape index (κ1) is 12.2. The largest absolute Gasteiger partial charge is 0.394 e. The van der Waals surface area contributed by atoms with E-state index in [0.29, 0.717) is 0 Å². The molecule has 0 saturated heterocycles. The minimum Gasteiger partial charge on any atom is -0.394 e. The number of hydrogen-bond donors (Lipinski definition) is 6. The van der Waals surface area contributed by atoms with E-state index in [-0.39, 0.29) is 37.4 Å². The Kier molecular flexibility index (Phi) is 4.51. The van der Waals surface area contributed by atoms with Crippen molar-refractivity contribution in [1.82, 2.24) is 9.97 Å². The lowest BCUT2D eigenvalue weighted by molar-refractivity contribution is 0.105. The number of nitrogens with one attached hydrogen (secondary N) is 3. The highest BCUT2D eigenvalue weighted by molar-refractivity contribution is 5.63. The Morgan fingerprint density at radius 2 is 2.31 bits per heavy atom. The van der Waals surface area contributed by atoms with Crippen LogP contribution in [-0.2, 0) is 4.74 Å². The fraction of sp³-hybridized carbons (Fsp3) is 0.429. The number of anilines is 3. The molecule has 9 heteroatoms. The molecular formula is C7H14N6O3. The summed E-state index contributed by atoms with van der Waals surface area (Å²) in [6, 6.07) is 0. The van der Waals surface area contributed by atoms with Crippen LogP contribution in [0, 0.1) is 0 Å². The Labute approximate surface area is 90.8 Å². The van der Waals surface area contributed by atoms with E-state index in [4.69, 9.17) is 21.4 Å². The molecule has 16 heavy (non-hydrogen) atoms. The van der Waals surface area contributed by atoms with Crippen molar-refractivity contribution in [3.63, 3.8) is 0 Å². The molecular weight excluding hydrogens is 216 g/mol. The fourth-order valence-electron chi connectivity index (χ4n) is 1.01. The third-order valence-corrected chi connectivity index (χ3v) is 1.66.